The van der Waals surface area contributed by atoms with Crippen LogP contribution in [0.25, 0.3) is 22.1 Å². The van der Waals surface area contributed by atoms with Crippen LogP contribution in [0, 0.1) is 0 Å². The molecule has 0 N–H and O–H groups in total. The number of aryl methyl sites for hydroxylation is 2. The summed E-state index contributed by atoms with van der Waals surface area (Å²) in [5, 5.41) is 1.17. The average Bonchev–Trinajstić information content (AvgIpc) is 3.29. The van der Waals surface area contributed by atoms with Crippen LogP contribution in [0.1, 0.15) is 50.7 Å². The molecule has 0 aliphatic heterocycles. The minimum atomic E-state index is 0.720. The van der Waals surface area contributed by atoms with E-state index in [1.165, 1.54) is 33.4 Å². The summed E-state index contributed by atoms with van der Waals surface area (Å²) in [5.41, 5.74) is 5.94. The molecule has 0 aliphatic rings. The summed E-state index contributed by atoms with van der Waals surface area (Å²) in [4.78, 5) is 1.34. The number of benzene rings is 3. The summed E-state index contributed by atoms with van der Waals surface area (Å²) in [6.07, 6.45) is 8.51. The SMILES string of the molecule is CCCCc1c(OCCCSc2ccc(CCC)cc2)ccc2c(-c3ccccc3)coc12. The van der Waals surface area contributed by atoms with E-state index in [1.807, 2.05) is 24.1 Å². The molecule has 0 amide bonds. The Labute approximate surface area is 202 Å². The minimum Gasteiger partial charge on any atom is -0.493 e. The molecular formula is C30H34O2S. The maximum atomic E-state index is 6.27. The number of thioether (sulfide) groups is 1. The fraction of sp³-hybridized carbons (Fsp3) is 0.333. The van der Waals surface area contributed by atoms with Crippen molar-refractivity contribution in [3.05, 3.63) is 84.1 Å². The third-order valence-electron chi connectivity index (χ3n) is 5.94. The lowest BCUT2D eigenvalue weighted by Crippen LogP contribution is -2.02. The van der Waals surface area contributed by atoms with Crippen LogP contribution >= 0.6 is 11.8 Å². The van der Waals surface area contributed by atoms with E-state index in [0.717, 1.165) is 61.4 Å². The quantitative estimate of drug-likeness (QED) is 0.156. The molecule has 4 aromatic rings. The highest BCUT2D eigenvalue weighted by atomic mass is 32.2. The van der Waals surface area contributed by atoms with Gasteiger partial charge in [-0.1, -0.05) is 69.2 Å². The lowest BCUT2D eigenvalue weighted by atomic mass is 10.00. The summed E-state index contributed by atoms with van der Waals surface area (Å²) in [7, 11) is 0. The van der Waals surface area contributed by atoms with Crippen LogP contribution in [-0.2, 0) is 12.8 Å². The molecular weight excluding hydrogens is 424 g/mol. The molecule has 0 radical (unpaired) electrons. The number of hydrogen-bond donors (Lipinski definition) is 0. The van der Waals surface area contributed by atoms with E-state index in [0.29, 0.717) is 0 Å². The van der Waals surface area contributed by atoms with Gasteiger partial charge < -0.3 is 9.15 Å². The third-order valence-corrected chi connectivity index (χ3v) is 7.04. The number of hydrogen-bond acceptors (Lipinski definition) is 3. The predicted molar refractivity (Wildman–Crippen MR) is 142 cm³/mol. The van der Waals surface area contributed by atoms with Gasteiger partial charge in [0.15, 0.2) is 0 Å². The van der Waals surface area contributed by atoms with E-state index in [9.17, 15) is 0 Å². The van der Waals surface area contributed by atoms with Crippen LogP contribution in [0.3, 0.4) is 0 Å². The molecule has 0 unspecified atom stereocenters. The second kappa shape index (κ2) is 12.0. The standard InChI is InChI=1S/C30H34O2S/c1-3-5-13-27-29(31-20-9-21-33-25-16-14-23(10-4-2)15-17-25)19-18-26-28(22-32-30(26)27)24-11-7-6-8-12-24/h6-8,11-12,14-19,22H,3-5,9-10,13,20-21H2,1-2H3. The van der Waals surface area contributed by atoms with Crippen LogP contribution < -0.4 is 4.74 Å². The van der Waals surface area contributed by atoms with E-state index in [2.05, 4.69) is 74.5 Å². The first-order chi connectivity index (χ1) is 16.3. The first kappa shape index (κ1) is 23.5. The molecule has 0 spiro atoms. The number of rotatable bonds is 12. The summed E-state index contributed by atoms with van der Waals surface area (Å²) < 4.78 is 12.4. The zero-order valence-electron chi connectivity index (χ0n) is 19.8. The van der Waals surface area contributed by atoms with Crippen molar-refractivity contribution in [1.29, 1.82) is 0 Å². The largest absolute Gasteiger partial charge is 0.493 e. The van der Waals surface area contributed by atoms with Crippen molar-refractivity contribution in [2.75, 3.05) is 12.4 Å². The van der Waals surface area contributed by atoms with Gasteiger partial charge in [-0.05, 0) is 61.1 Å². The highest BCUT2D eigenvalue weighted by molar-refractivity contribution is 7.99. The van der Waals surface area contributed by atoms with Crippen LogP contribution in [0.4, 0.5) is 0 Å². The number of furan rings is 1. The molecule has 0 fully saturated rings. The summed E-state index contributed by atoms with van der Waals surface area (Å²) in [6.45, 7) is 5.17. The first-order valence-corrected chi connectivity index (χ1v) is 13.2. The van der Waals surface area contributed by atoms with Crippen LogP contribution in [0.2, 0.25) is 0 Å². The van der Waals surface area contributed by atoms with Crippen LogP contribution in [-0.4, -0.2) is 12.4 Å². The van der Waals surface area contributed by atoms with Gasteiger partial charge in [0.2, 0.25) is 0 Å². The first-order valence-electron chi connectivity index (χ1n) is 12.2. The zero-order chi connectivity index (χ0) is 22.9. The van der Waals surface area contributed by atoms with Gasteiger partial charge >= 0.3 is 0 Å². The molecule has 0 atom stereocenters. The van der Waals surface area contributed by atoms with E-state index >= 15 is 0 Å². The Morgan fingerprint density at radius 1 is 0.818 bits per heavy atom. The van der Waals surface area contributed by atoms with Crippen LogP contribution in [0.5, 0.6) is 5.75 Å². The number of ether oxygens (including phenoxy) is 1. The summed E-state index contributed by atoms with van der Waals surface area (Å²) >= 11 is 1.91. The van der Waals surface area contributed by atoms with Gasteiger partial charge in [0.1, 0.15) is 11.3 Å². The molecule has 172 valence electrons. The molecule has 3 heteroatoms. The van der Waals surface area contributed by atoms with Crippen molar-refractivity contribution in [2.24, 2.45) is 0 Å². The Balaban J connectivity index is 1.40. The van der Waals surface area contributed by atoms with Crippen molar-refractivity contribution in [3.8, 4) is 16.9 Å². The maximum Gasteiger partial charge on any atom is 0.141 e. The van der Waals surface area contributed by atoms with Crippen molar-refractivity contribution < 1.29 is 9.15 Å². The maximum absolute atomic E-state index is 6.27. The molecule has 4 rings (SSSR count). The molecule has 0 saturated heterocycles. The minimum absolute atomic E-state index is 0.720. The zero-order valence-corrected chi connectivity index (χ0v) is 20.6. The van der Waals surface area contributed by atoms with Crippen molar-refractivity contribution in [2.45, 2.75) is 57.3 Å². The van der Waals surface area contributed by atoms with E-state index < -0.39 is 0 Å². The monoisotopic (exact) mass is 458 g/mol. The van der Waals surface area contributed by atoms with Gasteiger partial charge in [-0.2, -0.15) is 0 Å². The van der Waals surface area contributed by atoms with Gasteiger partial charge in [-0.15, -0.1) is 11.8 Å². The lowest BCUT2D eigenvalue weighted by Gasteiger charge is -2.12. The Bertz CT molecular complexity index is 1130. The van der Waals surface area contributed by atoms with Gasteiger partial charge in [0.25, 0.3) is 0 Å². The topological polar surface area (TPSA) is 22.4 Å². The van der Waals surface area contributed by atoms with E-state index in [1.54, 1.807) is 0 Å². The van der Waals surface area contributed by atoms with Gasteiger partial charge in [0, 0.05) is 27.2 Å². The highest BCUT2D eigenvalue weighted by Gasteiger charge is 2.16. The second-order valence-electron chi connectivity index (χ2n) is 8.48. The summed E-state index contributed by atoms with van der Waals surface area (Å²) in [5.74, 6) is 2.03. The Kier molecular flexibility index (Phi) is 8.54. The average molecular weight is 459 g/mol. The number of fused-ring (bicyclic) bond motifs is 1. The summed E-state index contributed by atoms with van der Waals surface area (Å²) in [6, 6.07) is 23.7. The van der Waals surface area contributed by atoms with Gasteiger partial charge in [0.05, 0.1) is 12.9 Å². The predicted octanol–water partition coefficient (Wildman–Crippen LogP) is 8.96. The molecule has 1 aromatic heterocycles. The van der Waals surface area contributed by atoms with Crippen LogP contribution in [0.15, 0.2) is 82.3 Å². The Morgan fingerprint density at radius 3 is 2.39 bits per heavy atom. The lowest BCUT2D eigenvalue weighted by molar-refractivity contribution is 0.315. The Morgan fingerprint density at radius 2 is 1.64 bits per heavy atom. The molecule has 1 heterocycles. The molecule has 33 heavy (non-hydrogen) atoms. The van der Waals surface area contributed by atoms with Crippen molar-refractivity contribution in [3.63, 3.8) is 0 Å². The molecule has 0 bridgehead atoms. The Hall–Kier alpha value is -2.65. The molecule has 0 saturated carbocycles. The van der Waals surface area contributed by atoms with E-state index in [-0.39, 0.29) is 0 Å². The van der Waals surface area contributed by atoms with Crippen molar-refractivity contribution >= 4 is 22.7 Å². The normalized spacial score (nSPS) is 11.2. The van der Waals surface area contributed by atoms with Crippen molar-refractivity contribution in [1.82, 2.24) is 0 Å². The van der Waals surface area contributed by atoms with E-state index in [4.69, 9.17) is 9.15 Å². The fourth-order valence-corrected chi connectivity index (χ4v) is 5.00. The highest BCUT2D eigenvalue weighted by Crippen LogP contribution is 2.37. The molecule has 0 aliphatic carbocycles. The van der Waals surface area contributed by atoms with Gasteiger partial charge in [-0.3, -0.25) is 0 Å². The number of unbranched alkanes of at least 4 members (excludes halogenated alkanes) is 1. The molecule has 2 nitrogen and oxygen atoms in total. The second-order valence-corrected chi connectivity index (χ2v) is 9.65. The van der Waals surface area contributed by atoms with Gasteiger partial charge in [-0.25, -0.2) is 0 Å². The third kappa shape index (κ3) is 6.03. The fourth-order valence-electron chi connectivity index (χ4n) is 4.18. The molecule has 3 aromatic carbocycles. The smallest absolute Gasteiger partial charge is 0.141 e.